The number of anilines is 1. The summed E-state index contributed by atoms with van der Waals surface area (Å²) < 4.78 is 13.4. The molecule has 1 aliphatic heterocycles. The van der Waals surface area contributed by atoms with Crippen LogP contribution in [0.4, 0.5) is 10.1 Å². The van der Waals surface area contributed by atoms with E-state index in [0.717, 1.165) is 25.9 Å². The first-order valence-corrected chi connectivity index (χ1v) is 6.98. The summed E-state index contributed by atoms with van der Waals surface area (Å²) in [7, 11) is 1.97. The van der Waals surface area contributed by atoms with Crippen molar-refractivity contribution < 1.29 is 9.18 Å². The van der Waals surface area contributed by atoms with Crippen LogP contribution in [-0.4, -0.2) is 43.0 Å². The van der Waals surface area contributed by atoms with Crippen LogP contribution in [0, 0.1) is 5.82 Å². The Bertz CT molecular complexity index is 470. The van der Waals surface area contributed by atoms with Crippen LogP contribution in [0.5, 0.6) is 0 Å². The third-order valence-electron chi connectivity index (χ3n) is 4.08. The third-order valence-corrected chi connectivity index (χ3v) is 4.08. The van der Waals surface area contributed by atoms with Gasteiger partial charge < -0.3 is 10.6 Å². The molecule has 0 unspecified atom stereocenters. The van der Waals surface area contributed by atoms with E-state index in [1.807, 2.05) is 7.05 Å². The summed E-state index contributed by atoms with van der Waals surface area (Å²) in [4.78, 5) is 14.0. The van der Waals surface area contributed by atoms with Crippen LogP contribution >= 0.6 is 0 Å². The average molecular weight is 279 g/mol. The normalized spacial score (nSPS) is 18.8. The predicted octanol–water partition coefficient (Wildman–Crippen LogP) is 1.84. The van der Waals surface area contributed by atoms with Gasteiger partial charge in [-0.25, -0.2) is 4.39 Å². The number of amides is 1. The molecule has 20 heavy (non-hydrogen) atoms. The highest BCUT2D eigenvalue weighted by molar-refractivity contribution is 5.92. The van der Waals surface area contributed by atoms with Gasteiger partial charge in [0.2, 0.25) is 5.91 Å². The molecule has 2 rings (SSSR count). The largest absolute Gasteiger partial charge is 0.322 e. The van der Waals surface area contributed by atoms with Crippen molar-refractivity contribution in [2.24, 2.45) is 0 Å². The van der Waals surface area contributed by atoms with Crippen molar-refractivity contribution in [3.05, 3.63) is 30.1 Å². The van der Waals surface area contributed by atoms with Crippen molar-refractivity contribution in [2.45, 2.75) is 25.3 Å². The molecule has 4 nitrogen and oxygen atoms in total. The van der Waals surface area contributed by atoms with Crippen molar-refractivity contribution >= 4 is 11.6 Å². The number of nitrogens with one attached hydrogen (secondary N) is 2. The van der Waals surface area contributed by atoms with Gasteiger partial charge in [-0.2, -0.15) is 0 Å². The molecule has 0 atom stereocenters. The summed E-state index contributed by atoms with van der Waals surface area (Å²) in [6.45, 7) is 4.27. The molecule has 0 aromatic heterocycles. The molecule has 0 spiro atoms. The van der Waals surface area contributed by atoms with E-state index in [-0.39, 0.29) is 17.1 Å². The van der Waals surface area contributed by atoms with Crippen molar-refractivity contribution in [3.8, 4) is 0 Å². The van der Waals surface area contributed by atoms with Gasteiger partial charge in [-0.1, -0.05) is 12.1 Å². The highest BCUT2D eigenvalue weighted by Gasteiger charge is 2.28. The van der Waals surface area contributed by atoms with Crippen molar-refractivity contribution in [1.82, 2.24) is 10.2 Å². The lowest BCUT2D eigenvalue weighted by Gasteiger charge is -2.39. The Hall–Kier alpha value is -1.46. The van der Waals surface area contributed by atoms with Gasteiger partial charge in [0.15, 0.2) is 0 Å². The second-order valence-electron chi connectivity index (χ2n) is 5.61. The summed E-state index contributed by atoms with van der Waals surface area (Å²) in [5, 5.41) is 5.95. The first-order chi connectivity index (χ1) is 9.52. The predicted molar refractivity (Wildman–Crippen MR) is 78.2 cm³/mol. The zero-order valence-corrected chi connectivity index (χ0v) is 12.1. The van der Waals surface area contributed by atoms with Crippen LogP contribution < -0.4 is 10.6 Å². The Morgan fingerprint density at radius 2 is 2.00 bits per heavy atom. The molecule has 1 heterocycles. The molecule has 110 valence electrons. The fourth-order valence-electron chi connectivity index (χ4n) is 2.41. The van der Waals surface area contributed by atoms with E-state index in [1.54, 1.807) is 18.2 Å². The number of rotatable bonds is 4. The van der Waals surface area contributed by atoms with Gasteiger partial charge in [0.05, 0.1) is 12.2 Å². The van der Waals surface area contributed by atoms with Crippen molar-refractivity contribution in [3.63, 3.8) is 0 Å². The maximum absolute atomic E-state index is 13.4. The minimum Gasteiger partial charge on any atom is -0.322 e. The molecule has 1 amide bonds. The second kappa shape index (κ2) is 6.33. The number of carbonyl (C=O) groups is 1. The lowest BCUT2D eigenvalue weighted by Crippen LogP contribution is -2.51. The van der Waals surface area contributed by atoms with Gasteiger partial charge >= 0.3 is 0 Å². The van der Waals surface area contributed by atoms with E-state index in [9.17, 15) is 9.18 Å². The molecule has 0 aliphatic carbocycles. The molecule has 0 radical (unpaired) electrons. The highest BCUT2D eigenvalue weighted by Crippen LogP contribution is 2.21. The molecule has 0 bridgehead atoms. The van der Waals surface area contributed by atoms with Crippen LogP contribution in [-0.2, 0) is 4.79 Å². The number of halogens is 1. The monoisotopic (exact) mass is 279 g/mol. The summed E-state index contributed by atoms with van der Waals surface area (Å²) in [6.07, 6.45) is 2.02. The van der Waals surface area contributed by atoms with E-state index in [1.165, 1.54) is 6.07 Å². The number of likely N-dealkylation sites (tertiary alicyclic amines) is 1. The Morgan fingerprint density at radius 3 is 2.60 bits per heavy atom. The van der Waals surface area contributed by atoms with Crippen LogP contribution in [0.1, 0.15) is 19.8 Å². The minimum absolute atomic E-state index is 0.164. The lowest BCUT2D eigenvalue weighted by atomic mass is 9.90. The number of hydrogen-bond acceptors (Lipinski definition) is 3. The Labute approximate surface area is 119 Å². The summed E-state index contributed by atoms with van der Waals surface area (Å²) in [6, 6.07) is 6.22. The SMILES string of the molecule is CNC1(C)CCN(CC(=O)Nc2ccccc2F)CC1. The number of benzene rings is 1. The van der Waals surface area contributed by atoms with Crippen LogP contribution in [0.15, 0.2) is 24.3 Å². The standard InChI is InChI=1S/C15H22FN3O/c1-15(17-2)7-9-19(10-8-15)11-14(20)18-13-6-4-3-5-12(13)16/h3-6,17H,7-11H2,1-2H3,(H,18,20). The Kier molecular flexibility index (Phi) is 4.73. The van der Waals surface area contributed by atoms with E-state index < -0.39 is 5.82 Å². The lowest BCUT2D eigenvalue weighted by molar-refractivity contribution is -0.117. The highest BCUT2D eigenvalue weighted by atomic mass is 19.1. The van der Waals surface area contributed by atoms with Gasteiger partial charge in [-0.05, 0) is 38.9 Å². The topological polar surface area (TPSA) is 44.4 Å². The van der Waals surface area contributed by atoms with Gasteiger partial charge in [-0.3, -0.25) is 9.69 Å². The average Bonchev–Trinajstić information content (AvgIpc) is 2.44. The smallest absolute Gasteiger partial charge is 0.238 e. The molecule has 0 saturated carbocycles. The van der Waals surface area contributed by atoms with Gasteiger partial charge in [0.1, 0.15) is 5.82 Å². The summed E-state index contributed by atoms with van der Waals surface area (Å²) in [5.74, 6) is -0.564. The van der Waals surface area contributed by atoms with E-state index in [4.69, 9.17) is 0 Å². The minimum atomic E-state index is -0.401. The van der Waals surface area contributed by atoms with Crippen LogP contribution in [0.25, 0.3) is 0 Å². The van der Waals surface area contributed by atoms with Gasteiger partial charge in [0, 0.05) is 18.6 Å². The maximum atomic E-state index is 13.4. The van der Waals surface area contributed by atoms with Crippen molar-refractivity contribution in [2.75, 3.05) is 32.0 Å². The van der Waals surface area contributed by atoms with E-state index in [2.05, 4.69) is 22.5 Å². The molecule has 1 aromatic carbocycles. The van der Waals surface area contributed by atoms with Crippen LogP contribution in [0.3, 0.4) is 0 Å². The van der Waals surface area contributed by atoms with Crippen molar-refractivity contribution in [1.29, 1.82) is 0 Å². The fourth-order valence-corrected chi connectivity index (χ4v) is 2.41. The Balaban J connectivity index is 1.83. The summed E-state index contributed by atoms with van der Waals surface area (Å²) >= 11 is 0. The number of nitrogens with zero attached hydrogens (tertiary/aromatic N) is 1. The van der Waals surface area contributed by atoms with Gasteiger partial charge in [0.25, 0.3) is 0 Å². The molecule has 1 aliphatic rings. The fraction of sp³-hybridized carbons (Fsp3) is 0.533. The van der Waals surface area contributed by atoms with Crippen LogP contribution in [0.2, 0.25) is 0 Å². The molecule has 1 aromatic rings. The Morgan fingerprint density at radius 1 is 1.35 bits per heavy atom. The first kappa shape index (κ1) is 14.9. The second-order valence-corrected chi connectivity index (χ2v) is 5.61. The molecular weight excluding hydrogens is 257 g/mol. The van der Waals surface area contributed by atoms with E-state index in [0.29, 0.717) is 6.54 Å². The molecule has 1 saturated heterocycles. The maximum Gasteiger partial charge on any atom is 0.238 e. The van der Waals surface area contributed by atoms with E-state index >= 15 is 0 Å². The zero-order chi connectivity index (χ0) is 14.6. The molecule has 5 heteroatoms. The number of hydrogen-bond donors (Lipinski definition) is 2. The summed E-state index contributed by atoms with van der Waals surface area (Å²) in [5.41, 5.74) is 0.410. The third kappa shape index (κ3) is 3.77. The number of carbonyl (C=O) groups excluding carboxylic acids is 1. The molecule has 1 fully saturated rings. The molecular formula is C15H22FN3O. The quantitative estimate of drug-likeness (QED) is 0.884. The molecule has 2 N–H and O–H groups in total. The number of para-hydroxylation sites is 1. The zero-order valence-electron chi connectivity index (χ0n) is 12.1. The van der Waals surface area contributed by atoms with Gasteiger partial charge in [-0.15, -0.1) is 0 Å². The first-order valence-electron chi connectivity index (χ1n) is 6.98. The number of piperidine rings is 1.